The maximum absolute atomic E-state index is 12.4. The summed E-state index contributed by atoms with van der Waals surface area (Å²) in [5, 5.41) is 18.0. The van der Waals surface area contributed by atoms with Crippen LogP contribution in [0.5, 0.6) is 0 Å². The minimum Gasteiger partial charge on any atom is -0.375 e. The second-order valence-corrected chi connectivity index (χ2v) is 8.48. The van der Waals surface area contributed by atoms with E-state index in [9.17, 15) is 9.90 Å². The Morgan fingerprint density at radius 1 is 1.27 bits per heavy atom. The van der Waals surface area contributed by atoms with Crippen molar-refractivity contribution < 1.29 is 9.90 Å². The zero-order valence-electron chi connectivity index (χ0n) is 14.1. The number of aromatic nitrogens is 1. The van der Waals surface area contributed by atoms with Crippen LogP contribution in [0.15, 0.2) is 24.4 Å². The van der Waals surface area contributed by atoms with Gasteiger partial charge in [0.15, 0.2) is 5.60 Å². The number of nitrogens with one attached hydrogen (secondary N) is 2. The minimum absolute atomic E-state index is 0.00607. The number of anilines is 2. The summed E-state index contributed by atoms with van der Waals surface area (Å²) in [5.74, 6) is 0.585. The van der Waals surface area contributed by atoms with Crippen LogP contribution < -0.4 is 10.6 Å². The lowest BCUT2D eigenvalue weighted by molar-refractivity contribution is -0.135. The Morgan fingerprint density at radius 3 is 2.81 bits per heavy atom. The first-order valence-corrected chi connectivity index (χ1v) is 9.52. The van der Waals surface area contributed by atoms with Crippen molar-refractivity contribution in [3.05, 3.63) is 40.5 Å². The highest BCUT2D eigenvalue weighted by Gasteiger charge is 2.55. The number of nitrogens with zero attached hydrogens (tertiary/aromatic N) is 1. The molecular formula is C20H18ClN3O2. The van der Waals surface area contributed by atoms with Gasteiger partial charge in [0.25, 0.3) is 5.91 Å². The van der Waals surface area contributed by atoms with Gasteiger partial charge in [0.1, 0.15) is 5.82 Å². The molecule has 0 radical (unpaired) electrons. The first kappa shape index (κ1) is 15.0. The van der Waals surface area contributed by atoms with Gasteiger partial charge in [-0.05, 0) is 43.4 Å². The summed E-state index contributed by atoms with van der Waals surface area (Å²) in [6.07, 6.45) is 5.83. The highest BCUT2D eigenvalue weighted by molar-refractivity contribution is 6.34. The van der Waals surface area contributed by atoms with Gasteiger partial charge in [0.2, 0.25) is 0 Å². The van der Waals surface area contributed by atoms with Crippen LogP contribution in [0.1, 0.15) is 36.8 Å². The van der Waals surface area contributed by atoms with E-state index in [2.05, 4.69) is 15.6 Å². The van der Waals surface area contributed by atoms with Crippen molar-refractivity contribution in [1.82, 2.24) is 4.98 Å². The van der Waals surface area contributed by atoms with Crippen molar-refractivity contribution in [3.8, 4) is 11.1 Å². The molecule has 1 aromatic carbocycles. The van der Waals surface area contributed by atoms with Crippen molar-refractivity contribution in [1.29, 1.82) is 0 Å². The number of fused-ring (bicyclic) bond motifs is 3. The Morgan fingerprint density at radius 2 is 2.08 bits per heavy atom. The van der Waals surface area contributed by atoms with Crippen molar-refractivity contribution in [2.24, 2.45) is 5.92 Å². The molecule has 6 rings (SSSR count). The molecule has 1 amide bonds. The summed E-state index contributed by atoms with van der Waals surface area (Å²) in [6.45, 7) is 0.905. The lowest BCUT2D eigenvalue weighted by Gasteiger charge is -2.21. The molecule has 2 aliphatic heterocycles. The average Bonchev–Trinajstić information content (AvgIpc) is 3.53. The van der Waals surface area contributed by atoms with Gasteiger partial charge in [-0.25, -0.2) is 4.98 Å². The van der Waals surface area contributed by atoms with E-state index in [1.54, 1.807) is 6.20 Å². The topological polar surface area (TPSA) is 74.2 Å². The van der Waals surface area contributed by atoms with Gasteiger partial charge in [0.05, 0.1) is 5.02 Å². The molecule has 3 N–H and O–H groups in total. The molecule has 0 saturated heterocycles. The second-order valence-electron chi connectivity index (χ2n) is 8.10. The Kier molecular flexibility index (Phi) is 2.65. The van der Waals surface area contributed by atoms with Gasteiger partial charge >= 0.3 is 0 Å². The van der Waals surface area contributed by atoms with E-state index in [1.807, 2.05) is 18.2 Å². The van der Waals surface area contributed by atoms with Crippen LogP contribution in [-0.4, -0.2) is 22.5 Å². The second kappa shape index (κ2) is 4.59. The molecule has 1 atom stereocenters. The van der Waals surface area contributed by atoms with Crippen LogP contribution in [0.2, 0.25) is 5.02 Å². The third kappa shape index (κ3) is 1.75. The first-order valence-electron chi connectivity index (χ1n) is 9.14. The molecule has 6 heteroatoms. The van der Waals surface area contributed by atoms with Gasteiger partial charge in [-0.2, -0.15) is 0 Å². The van der Waals surface area contributed by atoms with E-state index in [1.165, 1.54) is 0 Å². The van der Waals surface area contributed by atoms with Crippen LogP contribution in [-0.2, 0) is 15.8 Å². The number of hydrogen-bond acceptors (Lipinski definition) is 4. The molecule has 132 valence electrons. The van der Waals surface area contributed by atoms with Gasteiger partial charge in [-0.15, -0.1) is 0 Å². The predicted octanol–water partition coefficient (Wildman–Crippen LogP) is 3.41. The summed E-state index contributed by atoms with van der Waals surface area (Å²) < 4.78 is 0. The lowest BCUT2D eigenvalue weighted by Crippen LogP contribution is -2.36. The number of carbonyl (C=O) groups is 1. The zero-order valence-corrected chi connectivity index (χ0v) is 14.9. The number of hydrogen-bond donors (Lipinski definition) is 3. The van der Waals surface area contributed by atoms with Crippen molar-refractivity contribution in [2.45, 2.75) is 36.7 Å². The van der Waals surface area contributed by atoms with E-state index in [0.717, 1.165) is 59.8 Å². The Bertz CT molecular complexity index is 997. The highest BCUT2D eigenvalue weighted by atomic mass is 35.5. The van der Waals surface area contributed by atoms with Gasteiger partial charge < -0.3 is 15.7 Å². The number of amides is 1. The molecule has 26 heavy (non-hydrogen) atoms. The lowest BCUT2D eigenvalue weighted by atomic mass is 9.88. The number of benzene rings is 1. The summed E-state index contributed by atoms with van der Waals surface area (Å²) in [5.41, 5.74) is 2.98. The van der Waals surface area contributed by atoms with Crippen molar-refractivity contribution in [3.63, 3.8) is 0 Å². The summed E-state index contributed by atoms with van der Waals surface area (Å²) in [4.78, 5) is 17.0. The SMILES string of the molecule is O=C1Nc2ccc(-c3cnc4c(c3Cl)C3(CC3)CN4)cc2C1(O)C1CC1. The number of halogens is 1. The molecule has 4 aliphatic rings. The summed E-state index contributed by atoms with van der Waals surface area (Å²) >= 11 is 6.81. The van der Waals surface area contributed by atoms with Crippen LogP contribution in [0.25, 0.3) is 11.1 Å². The minimum atomic E-state index is -1.42. The van der Waals surface area contributed by atoms with E-state index in [0.29, 0.717) is 11.3 Å². The van der Waals surface area contributed by atoms with Gasteiger partial charge in [-0.3, -0.25) is 4.79 Å². The number of rotatable bonds is 2. The number of carbonyl (C=O) groups excluding carboxylic acids is 1. The smallest absolute Gasteiger partial charge is 0.261 e. The van der Waals surface area contributed by atoms with E-state index < -0.39 is 5.60 Å². The fourth-order valence-corrected chi connectivity index (χ4v) is 5.06. The molecule has 1 aromatic heterocycles. The number of pyridine rings is 1. The molecule has 2 fully saturated rings. The van der Waals surface area contributed by atoms with Gasteiger partial charge in [-0.1, -0.05) is 17.7 Å². The van der Waals surface area contributed by atoms with E-state index in [4.69, 9.17) is 11.6 Å². The molecule has 1 unspecified atom stereocenters. The molecule has 0 bridgehead atoms. The molecule has 2 aromatic rings. The molecule has 5 nitrogen and oxygen atoms in total. The fraction of sp³-hybridized carbons (Fsp3) is 0.400. The Labute approximate surface area is 155 Å². The van der Waals surface area contributed by atoms with E-state index in [-0.39, 0.29) is 17.2 Å². The Balaban J connectivity index is 1.51. The standard InChI is InChI=1S/C20H18ClN3O2/c21-16-12(8-22-17-15(16)19(5-6-19)9-23-17)10-1-4-14-13(7-10)20(26,11-2-3-11)18(25)24-14/h1,4,7-8,11,26H,2-3,5-6,9H2,(H,22,23)(H,24,25). The molecule has 2 saturated carbocycles. The van der Waals surface area contributed by atoms with Crippen LogP contribution >= 0.6 is 11.6 Å². The largest absolute Gasteiger partial charge is 0.375 e. The molecule has 1 spiro atoms. The van der Waals surface area contributed by atoms with Crippen LogP contribution in [0.4, 0.5) is 11.5 Å². The van der Waals surface area contributed by atoms with Gasteiger partial charge in [0, 0.05) is 46.5 Å². The zero-order chi connectivity index (χ0) is 17.7. The predicted molar refractivity (Wildman–Crippen MR) is 99.3 cm³/mol. The fourth-order valence-electron chi connectivity index (χ4n) is 4.61. The summed E-state index contributed by atoms with van der Waals surface area (Å²) in [7, 11) is 0. The van der Waals surface area contributed by atoms with Crippen molar-refractivity contribution >= 4 is 29.0 Å². The molecule has 2 aliphatic carbocycles. The third-order valence-corrected chi connectivity index (χ3v) is 6.89. The Hall–Kier alpha value is -2.11. The summed E-state index contributed by atoms with van der Waals surface area (Å²) in [6, 6.07) is 5.70. The quantitative estimate of drug-likeness (QED) is 0.760. The van der Waals surface area contributed by atoms with Crippen LogP contribution in [0.3, 0.4) is 0 Å². The third-order valence-electron chi connectivity index (χ3n) is 6.50. The average molecular weight is 368 g/mol. The monoisotopic (exact) mass is 367 g/mol. The van der Waals surface area contributed by atoms with Crippen LogP contribution in [0, 0.1) is 5.92 Å². The number of aliphatic hydroxyl groups is 1. The first-order chi connectivity index (χ1) is 12.5. The molecular weight excluding hydrogens is 350 g/mol. The highest BCUT2D eigenvalue weighted by Crippen LogP contribution is 2.57. The van der Waals surface area contributed by atoms with E-state index >= 15 is 0 Å². The normalized spacial score (nSPS) is 27.1. The maximum atomic E-state index is 12.4. The molecule has 3 heterocycles. The maximum Gasteiger partial charge on any atom is 0.261 e. The van der Waals surface area contributed by atoms with Crippen molar-refractivity contribution in [2.75, 3.05) is 17.2 Å².